The topological polar surface area (TPSA) is 84.9 Å². The summed E-state index contributed by atoms with van der Waals surface area (Å²) in [5.74, 6) is -0.981. The molecule has 0 fully saturated rings. The van der Waals surface area contributed by atoms with Crippen LogP contribution in [0.2, 0.25) is 0 Å². The number of amides is 1. The van der Waals surface area contributed by atoms with Gasteiger partial charge < -0.3 is 19.9 Å². The van der Waals surface area contributed by atoms with E-state index >= 15 is 0 Å². The lowest BCUT2D eigenvalue weighted by Crippen LogP contribution is -2.14. The number of ether oxygens (including phenoxy) is 2. The molecule has 2 rings (SSSR count). The summed E-state index contributed by atoms with van der Waals surface area (Å²) in [4.78, 5) is 23.7. The van der Waals surface area contributed by atoms with Gasteiger partial charge in [0.05, 0.1) is 25.5 Å². The van der Waals surface area contributed by atoms with Crippen LogP contribution < -0.4 is 14.8 Å². The Bertz CT molecular complexity index is 768. The Balaban J connectivity index is 2.32. The molecule has 0 spiro atoms. The van der Waals surface area contributed by atoms with Crippen molar-refractivity contribution in [3.05, 3.63) is 53.1 Å². The maximum Gasteiger partial charge on any atom is 0.335 e. The first-order chi connectivity index (χ1) is 12.0. The van der Waals surface area contributed by atoms with Gasteiger partial charge in [-0.3, -0.25) is 4.79 Å². The van der Waals surface area contributed by atoms with E-state index in [4.69, 9.17) is 9.47 Å². The number of methoxy groups -OCH3 is 2. The number of carbonyl (C=O) groups excluding carboxylic acids is 1. The van der Waals surface area contributed by atoms with Crippen LogP contribution in [0.15, 0.2) is 36.4 Å². The van der Waals surface area contributed by atoms with Gasteiger partial charge >= 0.3 is 5.97 Å². The number of hydrogen-bond donors (Lipinski definition) is 2. The van der Waals surface area contributed by atoms with Gasteiger partial charge in [-0.1, -0.05) is 25.5 Å². The summed E-state index contributed by atoms with van der Waals surface area (Å²) in [6, 6.07) is 9.98. The van der Waals surface area contributed by atoms with Crippen molar-refractivity contribution in [3.63, 3.8) is 0 Å². The van der Waals surface area contributed by atoms with E-state index in [-0.39, 0.29) is 28.7 Å². The SMILES string of the molecule is CCCc1ccc(C(=O)Nc2cc(C(=O)O)cc(OC)c2OC)cc1. The van der Waals surface area contributed by atoms with Crippen LogP contribution in [0.5, 0.6) is 11.5 Å². The van der Waals surface area contributed by atoms with Gasteiger partial charge in [-0.15, -0.1) is 0 Å². The Kier molecular flexibility index (Phi) is 6.00. The van der Waals surface area contributed by atoms with Crippen LogP contribution in [-0.4, -0.2) is 31.2 Å². The maximum atomic E-state index is 12.5. The van der Waals surface area contributed by atoms with Crippen molar-refractivity contribution in [2.45, 2.75) is 19.8 Å². The first-order valence-electron chi connectivity index (χ1n) is 7.89. The number of nitrogens with one attached hydrogen (secondary N) is 1. The molecule has 0 heterocycles. The largest absolute Gasteiger partial charge is 0.493 e. The average Bonchev–Trinajstić information content (AvgIpc) is 2.61. The summed E-state index contributed by atoms with van der Waals surface area (Å²) in [6.07, 6.45) is 1.98. The third-order valence-electron chi connectivity index (χ3n) is 3.73. The summed E-state index contributed by atoms with van der Waals surface area (Å²) in [5.41, 5.74) is 1.86. The highest BCUT2D eigenvalue weighted by Crippen LogP contribution is 2.36. The van der Waals surface area contributed by atoms with Crippen LogP contribution in [0.25, 0.3) is 0 Å². The lowest BCUT2D eigenvalue weighted by atomic mass is 10.1. The monoisotopic (exact) mass is 343 g/mol. The van der Waals surface area contributed by atoms with E-state index < -0.39 is 5.97 Å². The number of benzene rings is 2. The van der Waals surface area contributed by atoms with Gasteiger partial charge in [0.25, 0.3) is 5.91 Å². The molecule has 0 aromatic heterocycles. The van der Waals surface area contributed by atoms with Crippen molar-refractivity contribution < 1.29 is 24.2 Å². The third kappa shape index (κ3) is 4.29. The Hall–Kier alpha value is -3.02. The first kappa shape index (κ1) is 18.3. The molecule has 0 bridgehead atoms. The second kappa shape index (κ2) is 8.19. The van der Waals surface area contributed by atoms with E-state index in [0.29, 0.717) is 5.56 Å². The van der Waals surface area contributed by atoms with E-state index in [1.807, 2.05) is 12.1 Å². The lowest BCUT2D eigenvalue weighted by Gasteiger charge is -2.15. The molecular formula is C19H21NO5. The Morgan fingerprint density at radius 2 is 1.72 bits per heavy atom. The van der Waals surface area contributed by atoms with Crippen LogP contribution in [0, 0.1) is 0 Å². The zero-order chi connectivity index (χ0) is 18.4. The highest BCUT2D eigenvalue weighted by molar-refractivity contribution is 6.06. The third-order valence-corrected chi connectivity index (χ3v) is 3.73. The quantitative estimate of drug-likeness (QED) is 0.802. The molecule has 0 saturated heterocycles. The van der Waals surface area contributed by atoms with E-state index in [1.54, 1.807) is 12.1 Å². The summed E-state index contributed by atoms with van der Waals surface area (Å²) >= 11 is 0. The zero-order valence-electron chi connectivity index (χ0n) is 14.5. The van der Waals surface area contributed by atoms with E-state index in [2.05, 4.69) is 12.2 Å². The van der Waals surface area contributed by atoms with Crippen molar-refractivity contribution in [3.8, 4) is 11.5 Å². The van der Waals surface area contributed by atoms with Crippen molar-refractivity contribution in [2.75, 3.05) is 19.5 Å². The number of hydrogen-bond acceptors (Lipinski definition) is 4. The molecule has 6 nitrogen and oxygen atoms in total. The molecule has 0 aliphatic heterocycles. The molecule has 6 heteroatoms. The van der Waals surface area contributed by atoms with Gasteiger partial charge in [0.2, 0.25) is 0 Å². The minimum Gasteiger partial charge on any atom is -0.493 e. The second-order valence-electron chi connectivity index (χ2n) is 5.47. The fourth-order valence-electron chi connectivity index (χ4n) is 2.49. The number of carboxylic acid groups (broad SMARTS) is 1. The summed E-state index contributed by atoms with van der Waals surface area (Å²) in [5, 5.41) is 11.9. The van der Waals surface area contributed by atoms with Gasteiger partial charge in [-0.05, 0) is 36.2 Å². The van der Waals surface area contributed by atoms with Crippen LogP contribution >= 0.6 is 0 Å². The van der Waals surface area contributed by atoms with Crippen molar-refractivity contribution >= 4 is 17.6 Å². The maximum absolute atomic E-state index is 12.5. The minimum absolute atomic E-state index is 0.00811. The van der Waals surface area contributed by atoms with Gasteiger partial charge in [-0.25, -0.2) is 4.79 Å². The number of carbonyl (C=O) groups is 2. The number of aromatic carboxylic acids is 1. The van der Waals surface area contributed by atoms with Crippen LogP contribution in [0.4, 0.5) is 5.69 Å². The number of rotatable bonds is 7. The predicted octanol–water partition coefficient (Wildman–Crippen LogP) is 3.61. The number of aryl methyl sites for hydroxylation is 1. The molecule has 0 radical (unpaired) electrons. The molecule has 2 N–H and O–H groups in total. The molecular weight excluding hydrogens is 322 g/mol. The fraction of sp³-hybridized carbons (Fsp3) is 0.263. The van der Waals surface area contributed by atoms with Crippen LogP contribution in [0.1, 0.15) is 39.6 Å². The molecule has 132 valence electrons. The molecule has 0 aliphatic rings. The lowest BCUT2D eigenvalue weighted by molar-refractivity contribution is 0.0696. The van der Waals surface area contributed by atoms with Gasteiger partial charge in [0.1, 0.15) is 0 Å². The Labute approximate surface area is 146 Å². The molecule has 2 aromatic rings. The Morgan fingerprint density at radius 3 is 2.24 bits per heavy atom. The molecule has 0 aliphatic carbocycles. The molecule has 0 unspecified atom stereocenters. The predicted molar refractivity (Wildman–Crippen MR) is 94.9 cm³/mol. The Morgan fingerprint density at radius 1 is 1.04 bits per heavy atom. The second-order valence-corrected chi connectivity index (χ2v) is 5.47. The smallest absolute Gasteiger partial charge is 0.335 e. The molecule has 0 saturated carbocycles. The van der Waals surface area contributed by atoms with Crippen LogP contribution in [-0.2, 0) is 6.42 Å². The first-order valence-corrected chi connectivity index (χ1v) is 7.89. The summed E-state index contributed by atoms with van der Waals surface area (Å²) < 4.78 is 10.4. The van der Waals surface area contributed by atoms with Gasteiger partial charge in [-0.2, -0.15) is 0 Å². The standard InChI is InChI=1S/C19H21NO5/c1-4-5-12-6-8-13(9-7-12)18(21)20-15-10-14(19(22)23)11-16(24-2)17(15)25-3/h6-11H,4-5H2,1-3H3,(H,20,21)(H,22,23). The highest BCUT2D eigenvalue weighted by Gasteiger charge is 2.18. The van der Waals surface area contributed by atoms with Crippen molar-refractivity contribution in [1.82, 2.24) is 0 Å². The van der Waals surface area contributed by atoms with Crippen LogP contribution in [0.3, 0.4) is 0 Å². The normalized spacial score (nSPS) is 10.2. The number of anilines is 1. The van der Waals surface area contributed by atoms with Gasteiger partial charge in [0, 0.05) is 5.56 Å². The molecule has 2 aromatic carbocycles. The van der Waals surface area contributed by atoms with E-state index in [1.165, 1.54) is 26.4 Å². The van der Waals surface area contributed by atoms with Crippen molar-refractivity contribution in [2.24, 2.45) is 0 Å². The van der Waals surface area contributed by atoms with E-state index in [0.717, 1.165) is 18.4 Å². The summed E-state index contributed by atoms with van der Waals surface area (Å²) in [7, 11) is 2.83. The van der Waals surface area contributed by atoms with Crippen molar-refractivity contribution in [1.29, 1.82) is 0 Å². The van der Waals surface area contributed by atoms with Gasteiger partial charge in [0.15, 0.2) is 11.5 Å². The fourth-order valence-corrected chi connectivity index (χ4v) is 2.49. The average molecular weight is 343 g/mol. The highest BCUT2D eigenvalue weighted by atomic mass is 16.5. The van der Waals surface area contributed by atoms with E-state index in [9.17, 15) is 14.7 Å². The number of carboxylic acids is 1. The summed E-state index contributed by atoms with van der Waals surface area (Å²) in [6.45, 7) is 2.09. The molecule has 1 amide bonds. The molecule has 0 atom stereocenters. The minimum atomic E-state index is -1.12. The zero-order valence-corrected chi connectivity index (χ0v) is 14.5. The molecule has 25 heavy (non-hydrogen) atoms.